The van der Waals surface area contributed by atoms with Gasteiger partial charge in [-0.1, -0.05) is 37.6 Å². The van der Waals surface area contributed by atoms with Crippen molar-refractivity contribution >= 4 is 11.6 Å². The molecule has 0 bridgehead atoms. The second-order valence-electron chi connectivity index (χ2n) is 4.03. The zero-order valence-corrected chi connectivity index (χ0v) is 9.77. The summed E-state index contributed by atoms with van der Waals surface area (Å²) in [5.41, 5.74) is 1.32. The smallest absolute Gasteiger partial charge is 0.0557 e. The van der Waals surface area contributed by atoms with Crippen molar-refractivity contribution in [2.24, 2.45) is 0 Å². The van der Waals surface area contributed by atoms with E-state index in [-0.39, 0.29) is 5.41 Å². The topological polar surface area (TPSA) is 9.23 Å². The van der Waals surface area contributed by atoms with Crippen molar-refractivity contribution in [2.45, 2.75) is 26.2 Å². The Bertz CT molecular complexity index is 277. The van der Waals surface area contributed by atoms with E-state index in [1.807, 2.05) is 19.1 Å². The first-order chi connectivity index (χ1) is 6.56. The van der Waals surface area contributed by atoms with Crippen molar-refractivity contribution in [3.8, 4) is 0 Å². The largest absolute Gasteiger partial charge is 0.381 e. The van der Waals surface area contributed by atoms with Gasteiger partial charge in [0, 0.05) is 17.0 Å². The second kappa shape index (κ2) is 4.81. The lowest BCUT2D eigenvalue weighted by molar-refractivity contribution is 0.105. The Morgan fingerprint density at radius 1 is 1.21 bits per heavy atom. The molecule has 78 valence electrons. The van der Waals surface area contributed by atoms with Gasteiger partial charge < -0.3 is 4.74 Å². The van der Waals surface area contributed by atoms with Gasteiger partial charge in [-0.2, -0.15) is 0 Å². The lowest BCUT2D eigenvalue weighted by Gasteiger charge is -2.24. The minimum absolute atomic E-state index is 0.0561. The number of hydrogen-bond donors (Lipinski definition) is 0. The first-order valence-electron chi connectivity index (χ1n) is 4.90. The van der Waals surface area contributed by atoms with Gasteiger partial charge in [-0.15, -0.1) is 0 Å². The molecule has 0 aliphatic carbocycles. The van der Waals surface area contributed by atoms with Gasteiger partial charge in [0.1, 0.15) is 0 Å². The molecular weight excluding hydrogens is 196 g/mol. The number of ether oxygens (including phenoxy) is 1. The first-order valence-corrected chi connectivity index (χ1v) is 5.28. The molecule has 0 aliphatic rings. The van der Waals surface area contributed by atoms with Crippen LogP contribution in [0.5, 0.6) is 0 Å². The summed E-state index contributed by atoms with van der Waals surface area (Å²) >= 11 is 5.83. The van der Waals surface area contributed by atoms with Gasteiger partial charge >= 0.3 is 0 Å². The molecule has 1 aromatic carbocycles. The lowest BCUT2D eigenvalue weighted by Crippen LogP contribution is -2.24. The van der Waals surface area contributed by atoms with Crippen molar-refractivity contribution in [2.75, 3.05) is 13.2 Å². The van der Waals surface area contributed by atoms with Crippen LogP contribution in [-0.4, -0.2) is 13.2 Å². The normalized spacial score (nSPS) is 11.7. The van der Waals surface area contributed by atoms with Crippen molar-refractivity contribution in [1.29, 1.82) is 0 Å². The maximum atomic E-state index is 5.83. The van der Waals surface area contributed by atoms with E-state index < -0.39 is 0 Å². The molecule has 0 saturated heterocycles. The van der Waals surface area contributed by atoms with Gasteiger partial charge in [0.25, 0.3) is 0 Å². The average Bonchev–Trinajstić information content (AvgIpc) is 2.16. The van der Waals surface area contributed by atoms with Gasteiger partial charge in [-0.25, -0.2) is 0 Å². The molecule has 0 heterocycles. The maximum absolute atomic E-state index is 5.83. The van der Waals surface area contributed by atoms with Gasteiger partial charge in [-0.3, -0.25) is 0 Å². The number of rotatable bonds is 4. The fourth-order valence-corrected chi connectivity index (χ4v) is 1.47. The molecule has 0 atom stereocenters. The predicted octanol–water partition coefficient (Wildman–Crippen LogP) is 3.65. The van der Waals surface area contributed by atoms with Gasteiger partial charge in [0.2, 0.25) is 0 Å². The van der Waals surface area contributed by atoms with Crippen LogP contribution in [0.1, 0.15) is 26.3 Å². The highest BCUT2D eigenvalue weighted by Gasteiger charge is 2.20. The molecule has 0 N–H and O–H groups in total. The number of benzene rings is 1. The van der Waals surface area contributed by atoms with Gasteiger partial charge in [-0.05, 0) is 24.6 Å². The maximum Gasteiger partial charge on any atom is 0.0557 e. The summed E-state index contributed by atoms with van der Waals surface area (Å²) in [6, 6.07) is 7.96. The van der Waals surface area contributed by atoms with E-state index >= 15 is 0 Å². The number of hydrogen-bond acceptors (Lipinski definition) is 1. The van der Waals surface area contributed by atoms with Crippen molar-refractivity contribution < 1.29 is 4.74 Å². The fraction of sp³-hybridized carbons (Fsp3) is 0.500. The summed E-state index contributed by atoms with van der Waals surface area (Å²) in [4.78, 5) is 0. The summed E-state index contributed by atoms with van der Waals surface area (Å²) in [6.07, 6.45) is 0. The zero-order valence-electron chi connectivity index (χ0n) is 9.01. The lowest BCUT2D eigenvalue weighted by atomic mass is 9.86. The Hall–Kier alpha value is -0.530. The summed E-state index contributed by atoms with van der Waals surface area (Å²) in [5, 5.41) is 0.779. The summed E-state index contributed by atoms with van der Waals surface area (Å²) in [5.74, 6) is 0. The molecule has 0 spiro atoms. The van der Waals surface area contributed by atoms with E-state index in [1.165, 1.54) is 5.56 Å². The van der Waals surface area contributed by atoms with Crippen LogP contribution >= 0.6 is 11.6 Å². The van der Waals surface area contributed by atoms with Crippen LogP contribution in [0.3, 0.4) is 0 Å². The van der Waals surface area contributed by atoms with Gasteiger partial charge in [0.15, 0.2) is 0 Å². The summed E-state index contributed by atoms with van der Waals surface area (Å²) in [6.45, 7) is 7.86. The van der Waals surface area contributed by atoms with Crippen LogP contribution in [0, 0.1) is 0 Å². The van der Waals surface area contributed by atoms with Crippen LogP contribution in [0.15, 0.2) is 24.3 Å². The van der Waals surface area contributed by atoms with E-state index in [2.05, 4.69) is 26.0 Å². The van der Waals surface area contributed by atoms with E-state index in [0.717, 1.165) is 18.2 Å². The van der Waals surface area contributed by atoms with Crippen LogP contribution in [0.2, 0.25) is 5.02 Å². The Labute approximate surface area is 91.0 Å². The molecule has 2 heteroatoms. The molecule has 1 nitrogen and oxygen atoms in total. The minimum Gasteiger partial charge on any atom is -0.381 e. The molecule has 0 aromatic heterocycles. The molecule has 0 aliphatic heterocycles. The highest BCUT2D eigenvalue weighted by atomic mass is 35.5. The summed E-state index contributed by atoms with van der Waals surface area (Å²) in [7, 11) is 0. The highest BCUT2D eigenvalue weighted by Crippen LogP contribution is 2.24. The van der Waals surface area contributed by atoms with E-state index in [9.17, 15) is 0 Å². The van der Waals surface area contributed by atoms with Gasteiger partial charge in [0.05, 0.1) is 6.61 Å². The van der Waals surface area contributed by atoms with Crippen molar-refractivity contribution in [1.82, 2.24) is 0 Å². The standard InChI is InChI=1S/C12H17ClO/c1-4-14-9-12(2,3)10-5-7-11(13)8-6-10/h5-8H,4,9H2,1-3H3. The summed E-state index contributed by atoms with van der Waals surface area (Å²) < 4.78 is 5.45. The molecule has 0 saturated carbocycles. The minimum atomic E-state index is 0.0561. The fourth-order valence-electron chi connectivity index (χ4n) is 1.34. The Morgan fingerprint density at radius 3 is 2.29 bits per heavy atom. The molecule has 0 radical (unpaired) electrons. The molecule has 0 unspecified atom stereocenters. The third-order valence-corrected chi connectivity index (χ3v) is 2.54. The van der Waals surface area contributed by atoms with Crippen molar-refractivity contribution in [3.05, 3.63) is 34.9 Å². The monoisotopic (exact) mass is 212 g/mol. The Morgan fingerprint density at radius 2 is 1.79 bits per heavy atom. The molecule has 1 aromatic rings. The third-order valence-electron chi connectivity index (χ3n) is 2.29. The number of halogens is 1. The molecular formula is C12H17ClO. The third kappa shape index (κ3) is 3.00. The average molecular weight is 213 g/mol. The van der Waals surface area contributed by atoms with Crippen LogP contribution in [0.25, 0.3) is 0 Å². The Balaban J connectivity index is 2.75. The molecule has 0 amide bonds. The molecule has 0 fully saturated rings. The Kier molecular flexibility index (Phi) is 3.97. The van der Waals surface area contributed by atoms with Crippen LogP contribution < -0.4 is 0 Å². The van der Waals surface area contributed by atoms with Crippen LogP contribution in [0.4, 0.5) is 0 Å². The zero-order chi connectivity index (χ0) is 10.6. The first kappa shape index (κ1) is 11.5. The van der Waals surface area contributed by atoms with E-state index in [0.29, 0.717) is 0 Å². The predicted molar refractivity (Wildman–Crippen MR) is 61.0 cm³/mol. The highest BCUT2D eigenvalue weighted by molar-refractivity contribution is 6.30. The SMILES string of the molecule is CCOCC(C)(C)c1ccc(Cl)cc1. The van der Waals surface area contributed by atoms with Crippen molar-refractivity contribution in [3.63, 3.8) is 0 Å². The second-order valence-corrected chi connectivity index (χ2v) is 4.46. The van der Waals surface area contributed by atoms with E-state index in [4.69, 9.17) is 16.3 Å². The van der Waals surface area contributed by atoms with E-state index in [1.54, 1.807) is 0 Å². The quantitative estimate of drug-likeness (QED) is 0.740. The molecule has 14 heavy (non-hydrogen) atoms. The van der Waals surface area contributed by atoms with Crippen LogP contribution in [-0.2, 0) is 10.2 Å². The molecule has 1 rings (SSSR count).